The van der Waals surface area contributed by atoms with Crippen LogP contribution in [-0.4, -0.2) is 12.1 Å². The van der Waals surface area contributed by atoms with E-state index in [1.54, 1.807) is 5.32 Å². The fraction of sp³-hybridized carbons (Fsp3) is 0.125. The Balaban J connectivity index is 3.00. The molecule has 0 spiro atoms. The highest BCUT2D eigenvalue weighted by Crippen LogP contribution is 2.28. The number of halogens is 6. The molecule has 0 radical (unpaired) electrons. The zero-order valence-corrected chi connectivity index (χ0v) is 10.2. The fourth-order valence-electron chi connectivity index (χ4n) is 0.816. The van der Waals surface area contributed by atoms with Gasteiger partial charge in [-0.25, -0.2) is 4.39 Å². The number of alkyl halides is 3. The smallest absolute Gasteiger partial charge is 0.317 e. The van der Waals surface area contributed by atoms with Crippen molar-refractivity contribution in [1.82, 2.24) is 0 Å². The number of rotatable bonds is 1. The van der Waals surface area contributed by atoms with Crippen LogP contribution in [0.25, 0.3) is 0 Å². The van der Waals surface area contributed by atoms with Gasteiger partial charge in [-0.1, -0.05) is 11.6 Å². The fourth-order valence-corrected chi connectivity index (χ4v) is 1.74. The average molecular weight is 367 g/mol. The summed E-state index contributed by atoms with van der Waals surface area (Å²) in [6.45, 7) is 0. The Bertz CT molecular complexity index is 435. The summed E-state index contributed by atoms with van der Waals surface area (Å²) in [6.07, 6.45) is -5.01. The predicted octanol–water partition coefficient (Wildman–Crippen LogP) is 3.58. The highest BCUT2D eigenvalue weighted by Gasteiger charge is 2.39. The number of carbonyl (C=O) groups excluding carboxylic acids is 1. The normalized spacial score (nSPS) is 11.4. The van der Waals surface area contributed by atoms with Gasteiger partial charge in [0.15, 0.2) is 5.82 Å². The molecule has 0 atom stereocenters. The number of hydrogen-bond donors (Lipinski definition) is 1. The van der Waals surface area contributed by atoms with Crippen LogP contribution in [-0.2, 0) is 4.79 Å². The van der Waals surface area contributed by atoms with E-state index >= 15 is 0 Å². The predicted molar refractivity (Wildman–Crippen MR) is 58.8 cm³/mol. The van der Waals surface area contributed by atoms with E-state index in [2.05, 4.69) is 0 Å². The Morgan fingerprint density at radius 3 is 2.44 bits per heavy atom. The Labute approximate surface area is 106 Å². The molecule has 16 heavy (non-hydrogen) atoms. The van der Waals surface area contributed by atoms with E-state index in [1.165, 1.54) is 22.6 Å². The molecule has 1 N–H and O–H groups in total. The molecule has 0 aliphatic rings. The lowest BCUT2D eigenvalue weighted by molar-refractivity contribution is -0.167. The summed E-state index contributed by atoms with van der Waals surface area (Å²) in [5.41, 5.74) is -0.273. The SMILES string of the molecule is O=C(Nc1ccc(Cl)c(F)c1I)C(F)(F)F. The van der Waals surface area contributed by atoms with Gasteiger partial charge in [0.25, 0.3) is 0 Å². The molecule has 88 valence electrons. The molecular formula is C8H3ClF4INO. The molecule has 0 unspecified atom stereocenters. The second kappa shape index (κ2) is 4.74. The number of anilines is 1. The molecule has 1 rings (SSSR count). The lowest BCUT2D eigenvalue weighted by Gasteiger charge is -2.10. The lowest BCUT2D eigenvalue weighted by Crippen LogP contribution is -2.30. The summed E-state index contributed by atoms with van der Waals surface area (Å²) >= 11 is 6.85. The number of amides is 1. The molecule has 2 nitrogen and oxygen atoms in total. The van der Waals surface area contributed by atoms with Crippen molar-refractivity contribution in [2.24, 2.45) is 0 Å². The number of hydrogen-bond acceptors (Lipinski definition) is 1. The highest BCUT2D eigenvalue weighted by atomic mass is 127. The molecule has 0 bridgehead atoms. The van der Waals surface area contributed by atoms with Crippen molar-refractivity contribution < 1.29 is 22.4 Å². The van der Waals surface area contributed by atoms with Crippen LogP contribution in [0.5, 0.6) is 0 Å². The van der Waals surface area contributed by atoms with Crippen molar-refractivity contribution in [1.29, 1.82) is 0 Å². The molecular weight excluding hydrogens is 364 g/mol. The van der Waals surface area contributed by atoms with Gasteiger partial charge in [-0.15, -0.1) is 0 Å². The van der Waals surface area contributed by atoms with Crippen LogP contribution < -0.4 is 5.32 Å². The standard InChI is InChI=1S/C8H3ClF4INO/c9-3-1-2-4(6(14)5(3)10)15-7(16)8(11,12)13/h1-2H,(H,15,16). The van der Waals surface area contributed by atoms with Crippen molar-refractivity contribution in [3.8, 4) is 0 Å². The molecule has 0 fully saturated rings. The van der Waals surface area contributed by atoms with Crippen LogP contribution in [0.4, 0.5) is 23.2 Å². The lowest BCUT2D eigenvalue weighted by atomic mass is 10.3. The molecule has 0 aromatic heterocycles. The molecule has 1 aromatic rings. The second-order valence-electron chi connectivity index (χ2n) is 2.67. The van der Waals surface area contributed by atoms with Crippen molar-refractivity contribution in [3.63, 3.8) is 0 Å². The van der Waals surface area contributed by atoms with E-state index in [4.69, 9.17) is 11.6 Å². The molecule has 0 aliphatic heterocycles. The van der Waals surface area contributed by atoms with Crippen LogP contribution in [0.3, 0.4) is 0 Å². The minimum absolute atomic E-state index is 0.178. The van der Waals surface area contributed by atoms with E-state index < -0.39 is 17.9 Å². The van der Waals surface area contributed by atoms with Crippen LogP contribution in [0.1, 0.15) is 0 Å². The van der Waals surface area contributed by atoms with Gasteiger partial charge in [0.1, 0.15) is 0 Å². The van der Waals surface area contributed by atoms with Crippen LogP contribution in [0.2, 0.25) is 5.02 Å². The first kappa shape index (κ1) is 13.5. The van der Waals surface area contributed by atoms with Gasteiger partial charge in [0.05, 0.1) is 14.3 Å². The molecule has 0 saturated heterocycles. The first-order valence-corrected chi connectivity index (χ1v) is 5.21. The maximum atomic E-state index is 13.2. The topological polar surface area (TPSA) is 29.1 Å². The third kappa shape index (κ3) is 2.97. The first-order chi connectivity index (χ1) is 7.23. The maximum Gasteiger partial charge on any atom is 0.471 e. The summed E-state index contributed by atoms with van der Waals surface area (Å²) < 4.78 is 48.7. The van der Waals surface area contributed by atoms with Crippen molar-refractivity contribution in [3.05, 3.63) is 26.5 Å². The Morgan fingerprint density at radius 1 is 1.38 bits per heavy atom. The summed E-state index contributed by atoms with van der Waals surface area (Å²) in [5.74, 6) is -3.03. The zero-order valence-electron chi connectivity index (χ0n) is 7.33. The summed E-state index contributed by atoms with van der Waals surface area (Å²) in [6, 6.07) is 2.15. The second-order valence-corrected chi connectivity index (χ2v) is 4.16. The van der Waals surface area contributed by atoms with E-state index in [0.717, 1.165) is 12.1 Å². The molecule has 0 aliphatic carbocycles. The van der Waals surface area contributed by atoms with Crippen molar-refractivity contribution in [2.75, 3.05) is 5.32 Å². The average Bonchev–Trinajstić information content (AvgIpc) is 2.17. The highest BCUT2D eigenvalue weighted by molar-refractivity contribution is 14.1. The third-order valence-electron chi connectivity index (χ3n) is 1.54. The summed E-state index contributed by atoms with van der Waals surface area (Å²) in [4.78, 5) is 10.6. The zero-order chi connectivity index (χ0) is 12.5. The third-order valence-corrected chi connectivity index (χ3v) is 2.89. The van der Waals surface area contributed by atoms with Gasteiger partial charge in [0, 0.05) is 0 Å². The van der Waals surface area contributed by atoms with Crippen molar-refractivity contribution in [2.45, 2.75) is 6.18 Å². The minimum atomic E-state index is -5.01. The Kier molecular flexibility index (Phi) is 4.00. The van der Waals surface area contributed by atoms with E-state index in [-0.39, 0.29) is 14.3 Å². The monoisotopic (exact) mass is 367 g/mol. The number of nitrogens with one attached hydrogen (secondary N) is 1. The summed E-state index contributed by atoms with van der Waals surface area (Å²) in [7, 11) is 0. The van der Waals surface area contributed by atoms with Gasteiger partial charge >= 0.3 is 12.1 Å². The Morgan fingerprint density at radius 2 is 1.94 bits per heavy atom. The van der Waals surface area contributed by atoms with Gasteiger partial charge in [-0.3, -0.25) is 4.79 Å². The first-order valence-electron chi connectivity index (χ1n) is 3.75. The van der Waals surface area contributed by atoms with Crippen molar-refractivity contribution >= 4 is 45.8 Å². The van der Waals surface area contributed by atoms with Gasteiger partial charge in [0.2, 0.25) is 0 Å². The molecule has 8 heteroatoms. The van der Waals surface area contributed by atoms with Gasteiger partial charge in [-0.2, -0.15) is 13.2 Å². The van der Waals surface area contributed by atoms with Crippen LogP contribution >= 0.6 is 34.2 Å². The number of benzene rings is 1. The quantitative estimate of drug-likeness (QED) is 0.459. The van der Waals surface area contributed by atoms with Gasteiger partial charge < -0.3 is 5.32 Å². The van der Waals surface area contributed by atoms with E-state index in [1.807, 2.05) is 0 Å². The Hall–Kier alpha value is -0.570. The molecule has 1 aromatic carbocycles. The van der Waals surface area contributed by atoms with Crippen LogP contribution in [0, 0.1) is 9.39 Å². The van der Waals surface area contributed by atoms with E-state index in [9.17, 15) is 22.4 Å². The van der Waals surface area contributed by atoms with Gasteiger partial charge in [-0.05, 0) is 34.7 Å². The largest absolute Gasteiger partial charge is 0.471 e. The number of carbonyl (C=O) groups is 1. The van der Waals surface area contributed by atoms with E-state index in [0.29, 0.717) is 0 Å². The molecule has 0 saturated carbocycles. The van der Waals surface area contributed by atoms with Crippen LogP contribution in [0.15, 0.2) is 12.1 Å². The molecule has 0 heterocycles. The molecule has 1 amide bonds. The summed E-state index contributed by atoms with van der Waals surface area (Å²) in [5, 5.41) is 1.32. The minimum Gasteiger partial charge on any atom is -0.317 e. The maximum absolute atomic E-state index is 13.2.